The molecule has 1 N–H and O–H groups in total. The van der Waals surface area contributed by atoms with Crippen molar-refractivity contribution in [1.29, 1.82) is 0 Å². The van der Waals surface area contributed by atoms with Gasteiger partial charge in [0.05, 0.1) is 0 Å². The van der Waals surface area contributed by atoms with Gasteiger partial charge in [0, 0.05) is 11.6 Å². The zero-order chi connectivity index (χ0) is 14.5. The van der Waals surface area contributed by atoms with Crippen LogP contribution in [0.5, 0.6) is 0 Å². The lowest BCUT2D eigenvalue weighted by molar-refractivity contribution is 0.487. The molecule has 0 saturated heterocycles. The lowest BCUT2D eigenvalue weighted by Crippen LogP contribution is -2.23. The highest BCUT2D eigenvalue weighted by Crippen LogP contribution is 2.20. The van der Waals surface area contributed by atoms with Crippen LogP contribution in [0.1, 0.15) is 24.1 Å². The number of hydrogen-bond donors (Lipinski definition) is 1. The lowest BCUT2D eigenvalue weighted by Gasteiger charge is -2.16. The van der Waals surface area contributed by atoms with Gasteiger partial charge in [0.25, 0.3) is 0 Å². The Labute approximate surface area is 116 Å². The first-order valence-corrected chi connectivity index (χ1v) is 6.50. The minimum absolute atomic E-state index is 0.0148. The van der Waals surface area contributed by atoms with Gasteiger partial charge in [-0.05, 0) is 43.7 Å². The second kappa shape index (κ2) is 6.57. The Balaban J connectivity index is 1.96. The molecule has 2 aromatic carbocycles. The minimum Gasteiger partial charge on any atom is -0.310 e. The molecule has 1 unspecified atom stereocenters. The lowest BCUT2D eigenvalue weighted by atomic mass is 10.1. The minimum atomic E-state index is -0.573. The van der Waals surface area contributed by atoms with E-state index >= 15 is 0 Å². The zero-order valence-corrected chi connectivity index (χ0v) is 11.2. The van der Waals surface area contributed by atoms with Crippen LogP contribution in [0.3, 0.4) is 0 Å². The van der Waals surface area contributed by atoms with Crippen molar-refractivity contribution in [3.63, 3.8) is 0 Å². The molecule has 1 nitrogen and oxygen atoms in total. The van der Waals surface area contributed by atoms with Gasteiger partial charge in [-0.1, -0.05) is 24.3 Å². The van der Waals surface area contributed by atoms with Gasteiger partial charge in [-0.15, -0.1) is 0 Å². The van der Waals surface area contributed by atoms with Gasteiger partial charge in [0.1, 0.15) is 17.5 Å². The Bertz CT molecular complexity index is 563. The van der Waals surface area contributed by atoms with E-state index in [9.17, 15) is 13.2 Å². The van der Waals surface area contributed by atoms with E-state index in [2.05, 4.69) is 5.32 Å². The van der Waals surface area contributed by atoms with Crippen LogP contribution in [0.4, 0.5) is 13.2 Å². The molecule has 0 fully saturated rings. The Morgan fingerprint density at radius 3 is 2.15 bits per heavy atom. The van der Waals surface area contributed by atoms with E-state index in [0.717, 1.165) is 0 Å². The van der Waals surface area contributed by atoms with Crippen LogP contribution in [0.2, 0.25) is 0 Å². The maximum atomic E-state index is 13.6. The van der Waals surface area contributed by atoms with E-state index in [-0.39, 0.29) is 11.4 Å². The molecular formula is C16H16F3N. The van der Waals surface area contributed by atoms with Crippen molar-refractivity contribution in [2.45, 2.75) is 19.4 Å². The average Bonchev–Trinajstić information content (AvgIpc) is 2.41. The van der Waals surface area contributed by atoms with E-state index in [1.807, 2.05) is 0 Å². The molecule has 20 heavy (non-hydrogen) atoms. The number of rotatable bonds is 5. The molecule has 4 heteroatoms. The summed E-state index contributed by atoms with van der Waals surface area (Å²) in [5, 5.41) is 3.01. The molecule has 0 spiro atoms. The van der Waals surface area contributed by atoms with Crippen LogP contribution < -0.4 is 5.32 Å². The van der Waals surface area contributed by atoms with Gasteiger partial charge < -0.3 is 5.32 Å². The van der Waals surface area contributed by atoms with Crippen LogP contribution in [0, 0.1) is 17.5 Å². The monoisotopic (exact) mass is 279 g/mol. The Kier molecular flexibility index (Phi) is 4.79. The maximum absolute atomic E-state index is 13.6. The van der Waals surface area contributed by atoms with Gasteiger partial charge in [-0.3, -0.25) is 0 Å². The summed E-state index contributed by atoms with van der Waals surface area (Å²) in [7, 11) is 0. The van der Waals surface area contributed by atoms with Crippen molar-refractivity contribution in [1.82, 2.24) is 5.32 Å². The third-order valence-corrected chi connectivity index (χ3v) is 3.24. The highest BCUT2D eigenvalue weighted by Gasteiger charge is 2.15. The van der Waals surface area contributed by atoms with Gasteiger partial charge in [0.2, 0.25) is 0 Å². The van der Waals surface area contributed by atoms with Crippen molar-refractivity contribution in [3.8, 4) is 0 Å². The highest BCUT2D eigenvalue weighted by molar-refractivity contribution is 5.23. The standard InChI is InChI=1S/C16H16F3N/c1-11(16-14(18)7-4-8-15(16)19)20-10-9-12-5-2-3-6-13(12)17/h2-8,11,20H,9-10H2,1H3. The molecule has 0 aliphatic carbocycles. The Morgan fingerprint density at radius 2 is 1.50 bits per heavy atom. The molecule has 0 heterocycles. The molecule has 0 aliphatic rings. The molecule has 0 radical (unpaired) electrons. The van der Waals surface area contributed by atoms with Crippen LogP contribution in [-0.4, -0.2) is 6.54 Å². The summed E-state index contributed by atoms with van der Waals surface area (Å²) in [6, 6.07) is 9.81. The fourth-order valence-electron chi connectivity index (χ4n) is 2.15. The number of benzene rings is 2. The summed E-state index contributed by atoms with van der Waals surface area (Å²) in [6.45, 7) is 2.12. The second-order valence-electron chi connectivity index (χ2n) is 4.65. The predicted molar refractivity (Wildman–Crippen MR) is 72.9 cm³/mol. The van der Waals surface area contributed by atoms with E-state index < -0.39 is 17.7 Å². The quantitative estimate of drug-likeness (QED) is 0.872. The SMILES string of the molecule is CC(NCCc1ccccc1F)c1c(F)cccc1F. The first kappa shape index (κ1) is 14.6. The number of hydrogen-bond acceptors (Lipinski definition) is 1. The predicted octanol–water partition coefficient (Wildman–Crippen LogP) is 4.00. The van der Waals surface area contributed by atoms with E-state index in [4.69, 9.17) is 0 Å². The highest BCUT2D eigenvalue weighted by atomic mass is 19.1. The summed E-state index contributed by atoms with van der Waals surface area (Å²) >= 11 is 0. The van der Waals surface area contributed by atoms with Crippen LogP contribution in [0.25, 0.3) is 0 Å². The molecule has 2 rings (SSSR count). The Hall–Kier alpha value is -1.81. The molecule has 0 aromatic heterocycles. The van der Waals surface area contributed by atoms with Gasteiger partial charge >= 0.3 is 0 Å². The van der Waals surface area contributed by atoms with E-state index in [1.54, 1.807) is 25.1 Å². The third kappa shape index (κ3) is 3.39. The van der Waals surface area contributed by atoms with Crippen molar-refractivity contribution in [2.24, 2.45) is 0 Å². The topological polar surface area (TPSA) is 12.0 Å². The molecule has 2 aromatic rings. The fraction of sp³-hybridized carbons (Fsp3) is 0.250. The van der Waals surface area contributed by atoms with Crippen LogP contribution >= 0.6 is 0 Å². The fourth-order valence-corrected chi connectivity index (χ4v) is 2.15. The Morgan fingerprint density at radius 1 is 0.900 bits per heavy atom. The van der Waals surface area contributed by atoms with Crippen LogP contribution in [0.15, 0.2) is 42.5 Å². The molecule has 0 aliphatic heterocycles. The first-order chi connectivity index (χ1) is 9.59. The van der Waals surface area contributed by atoms with Gasteiger partial charge in [-0.2, -0.15) is 0 Å². The zero-order valence-electron chi connectivity index (χ0n) is 11.2. The third-order valence-electron chi connectivity index (χ3n) is 3.24. The van der Waals surface area contributed by atoms with Gasteiger partial charge in [-0.25, -0.2) is 13.2 Å². The summed E-state index contributed by atoms with van der Waals surface area (Å²) in [5.41, 5.74) is 0.599. The van der Waals surface area contributed by atoms with E-state index in [0.29, 0.717) is 18.5 Å². The van der Waals surface area contributed by atoms with Crippen molar-refractivity contribution in [3.05, 3.63) is 71.0 Å². The summed E-state index contributed by atoms with van der Waals surface area (Å²) in [5.74, 6) is -1.41. The summed E-state index contributed by atoms with van der Waals surface area (Å²) in [6.07, 6.45) is 0.465. The number of nitrogens with one attached hydrogen (secondary N) is 1. The molecule has 0 amide bonds. The normalized spacial score (nSPS) is 12.4. The molecule has 1 atom stereocenters. The van der Waals surface area contributed by atoms with E-state index in [1.165, 1.54) is 24.3 Å². The molecular weight excluding hydrogens is 263 g/mol. The first-order valence-electron chi connectivity index (χ1n) is 6.50. The molecule has 0 bridgehead atoms. The average molecular weight is 279 g/mol. The van der Waals surface area contributed by atoms with Crippen LogP contribution in [-0.2, 0) is 6.42 Å². The largest absolute Gasteiger partial charge is 0.310 e. The maximum Gasteiger partial charge on any atom is 0.130 e. The molecule has 106 valence electrons. The van der Waals surface area contributed by atoms with Crippen molar-refractivity contribution < 1.29 is 13.2 Å². The molecule has 0 saturated carbocycles. The van der Waals surface area contributed by atoms with Crippen molar-refractivity contribution >= 4 is 0 Å². The van der Waals surface area contributed by atoms with Gasteiger partial charge in [0.15, 0.2) is 0 Å². The smallest absolute Gasteiger partial charge is 0.130 e. The van der Waals surface area contributed by atoms with Crippen molar-refractivity contribution in [2.75, 3.05) is 6.54 Å². The summed E-state index contributed by atoms with van der Waals surface area (Å²) < 4.78 is 40.6. The second-order valence-corrected chi connectivity index (χ2v) is 4.65. The number of halogens is 3. The summed E-state index contributed by atoms with van der Waals surface area (Å²) in [4.78, 5) is 0.